The van der Waals surface area contributed by atoms with E-state index in [-0.39, 0.29) is 11.1 Å². The summed E-state index contributed by atoms with van der Waals surface area (Å²) in [4.78, 5) is 22.5. The van der Waals surface area contributed by atoms with Gasteiger partial charge in [-0.2, -0.15) is 0 Å². The highest BCUT2D eigenvalue weighted by molar-refractivity contribution is 5.96. The van der Waals surface area contributed by atoms with Crippen LogP contribution in [0.5, 0.6) is 0 Å². The van der Waals surface area contributed by atoms with Gasteiger partial charge in [-0.15, -0.1) is 0 Å². The van der Waals surface area contributed by atoms with Gasteiger partial charge in [0.25, 0.3) is 0 Å². The number of hydrogen-bond donors (Lipinski definition) is 2. The van der Waals surface area contributed by atoms with Crippen molar-refractivity contribution < 1.29 is 29.3 Å². The van der Waals surface area contributed by atoms with E-state index in [1.807, 2.05) is 0 Å². The van der Waals surface area contributed by atoms with Crippen LogP contribution in [0.4, 0.5) is 0 Å². The maximum Gasteiger partial charge on any atom is 0.334 e. The molecule has 6 heteroatoms. The van der Waals surface area contributed by atoms with Crippen molar-refractivity contribution >= 4 is 11.9 Å². The lowest BCUT2D eigenvalue weighted by Crippen LogP contribution is -2.59. The van der Waals surface area contributed by atoms with Gasteiger partial charge < -0.3 is 19.7 Å². The number of carbonyl (C=O) groups is 2. The predicted octanol–water partition coefficient (Wildman–Crippen LogP) is 0.832. The van der Waals surface area contributed by atoms with Gasteiger partial charge in [0.05, 0.1) is 11.1 Å². The van der Waals surface area contributed by atoms with Crippen LogP contribution in [0.1, 0.15) is 13.8 Å². The average molecular weight is 256 g/mol. The molecule has 2 unspecified atom stereocenters. The molecule has 6 nitrogen and oxygen atoms in total. The van der Waals surface area contributed by atoms with Gasteiger partial charge in [0, 0.05) is 14.2 Å². The summed E-state index contributed by atoms with van der Waals surface area (Å²) in [5, 5.41) is 18.4. The standard InChI is InChI=1S/C12H16O6/c1-11(17-3)7(9(13)14)5-6-8(10(15)16)12(11,2)18-4/h5-6H,1-4H3,(H,13,14)(H,15,16). The zero-order valence-electron chi connectivity index (χ0n) is 10.7. The first-order valence-corrected chi connectivity index (χ1v) is 5.24. The minimum Gasteiger partial charge on any atom is -0.478 e. The molecule has 0 aromatic heterocycles. The minimum atomic E-state index is -1.39. The van der Waals surface area contributed by atoms with E-state index in [9.17, 15) is 19.8 Å². The second-order valence-corrected chi connectivity index (χ2v) is 4.25. The zero-order chi connectivity index (χ0) is 14.1. The largest absolute Gasteiger partial charge is 0.478 e. The summed E-state index contributed by atoms with van der Waals surface area (Å²) in [6, 6.07) is 0. The molecule has 100 valence electrons. The quantitative estimate of drug-likeness (QED) is 0.774. The Kier molecular flexibility index (Phi) is 3.64. The zero-order valence-corrected chi connectivity index (χ0v) is 10.7. The Morgan fingerprint density at radius 1 is 0.944 bits per heavy atom. The van der Waals surface area contributed by atoms with E-state index in [4.69, 9.17) is 9.47 Å². The van der Waals surface area contributed by atoms with Crippen LogP contribution in [0.25, 0.3) is 0 Å². The van der Waals surface area contributed by atoms with Crippen molar-refractivity contribution in [2.75, 3.05) is 14.2 Å². The lowest BCUT2D eigenvalue weighted by atomic mass is 9.71. The molecule has 1 aliphatic rings. The third kappa shape index (κ3) is 1.74. The van der Waals surface area contributed by atoms with Crippen molar-refractivity contribution in [2.24, 2.45) is 0 Å². The van der Waals surface area contributed by atoms with E-state index in [0.717, 1.165) is 0 Å². The van der Waals surface area contributed by atoms with E-state index in [0.29, 0.717) is 0 Å². The molecule has 1 aliphatic carbocycles. The Hall–Kier alpha value is -1.66. The Morgan fingerprint density at radius 2 is 1.22 bits per heavy atom. The van der Waals surface area contributed by atoms with Crippen molar-refractivity contribution in [3.8, 4) is 0 Å². The number of aliphatic carboxylic acids is 2. The van der Waals surface area contributed by atoms with Crippen LogP contribution in [0, 0.1) is 0 Å². The fraction of sp³-hybridized carbons (Fsp3) is 0.500. The van der Waals surface area contributed by atoms with E-state index in [1.165, 1.54) is 40.2 Å². The molecule has 0 fully saturated rings. The molecule has 0 aromatic rings. The highest BCUT2D eigenvalue weighted by Gasteiger charge is 2.56. The third-order valence-corrected chi connectivity index (χ3v) is 3.63. The molecule has 0 bridgehead atoms. The van der Waals surface area contributed by atoms with Crippen LogP contribution in [0.3, 0.4) is 0 Å². The molecule has 18 heavy (non-hydrogen) atoms. The molecule has 0 heterocycles. The van der Waals surface area contributed by atoms with Crippen molar-refractivity contribution in [3.63, 3.8) is 0 Å². The summed E-state index contributed by atoms with van der Waals surface area (Å²) < 4.78 is 10.5. The average Bonchev–Trinajstić information content (AvgIpc) is 2.31. The summed E-state index contributed by atoms with van der Waals surface area (Å²) in [6.45, 7) is 2.98. The molecular formula is C12H16O6. The number of methoxy groups -OCH3 is 2. The number of hydrogen-bond acceptors (Lipinski definition) is 4. The SMILES string of the molecule is COC1(C)C(C(=O)O)=CC=C(C(=O)O)C1(C)OC. The fourth-order valence-electron chi connectivity index (χ4n) is 2.16. The Bertz CT molecular complexity index is 407. The van der Waals surface area contributed by atoms with Gasteiger partial charge in [0.15, 0.2) is 0 Å². The van der Waals surface area contributed by atoms with Crippen LogP contribution in [0.2, 0.25) is 0 Å². The van der Waals surface area contributed by atoms with Crippen LogP contribution in [-0.2, 0) is 19.1 Å². The predicted molar refractivity (Wildman–Crippen MR) is 62.3 cm³/mol. The highest BCUT2D eigenvalue weighted by Crippen LogP contribution is 2.43. The van der Waals surface area contributed by atoms with E-state index < -0.39 is 23.1 Å². The van der Waals surface area contributed by atoms with Crippen LogP contribution < -0.4 is 0 Å². The molecule has 0 aliphatic heterocycles. The molecular weight excluding hydrogens is 240 g/mol. The number of ether oxygens (including phenoxy) is 2. The van der Waals surface area contributed by atoms with Crippen molar-refractivity contribution in [2.45, 2.75) is 25.0 Å². The molecule has 0 saturated heterocycles. The van der Waals surface area contributed by atoms with E-state index in [1.54, 1.807) is 0 Å². The summed E-state index contributed by atoms with van der Waals surface area (Å²) in [5.74, 6) is -2.35. The first kappa shape index (κ1) is 14.4. The maximum absolute atomic E-state index is 11.2. The first-order valence-electron chi connectivity index (χ1n) is 5.24. The number of carboxylic acid groups (broad SMARTS) is 2. The highest BCUT2D eigenvalue weighted by atomic mass is 16.6. The van der Waals surface area contributed by atoms with Gasteiger partial charge in [-0.05, 0) is 26.0 Å². The monoisotopic (exact) mass is 256 g/mol. The normalized spacial score (nSPS) is 31.6. The van der Waals surface area contributed by atoms with Crippen LogP contribution in [-0.4, -0.2) is 47.6 Å². The molecule has 0 aromatic carbocycles. The van der Waals surface area contributed by atoms with Crippen LogP contribution >= 0.6 is 0 Å². The van der Waals surface area contributed by atoms with Crippen molar-refractivity contribution in [1.82, 2.24) is 0 Å². The van der Waals surface area contributed by atoms with E-state index >= 15 is 0 Å². The van der Waals surface area contributed by atoms with E-state index in [2.05, 4.69) is 0 Å². The van der Waals surface area contributed by atoms with Gasteiger partial charge in [-0.3, -0.25) is 0 Å². The molecule has 1 rings (SSSR count). The van der Waals surface area contributed by atoms with Gasteiger partial charge in [-0.1, -0.05) is 0 Å². The number of rotatable bonds is 4. The second-order valence-electron chi connectivity index (χ2n) is 4.25. The van der Waals surface area contributed by atoms with Gasteiger partial charge >= 0.3 is 11.9 Å². The fourth-order valence-corrected chi connectivity index (χ4v) is 2.16. The number of allylic oxidation sites excluding steroid dienone is 2. The topological polar surface area (TPSA) is 93.1 Å². The molecule has 2 N–H and O–H groups in total. The second kappa shape index (κ2) is 4.55. The third-order valence-electron chi connectivity index (χ3n) is 3.63. The van der Waals surface area contributed by atoms with Crippen molar-refractivity contribution in [3.05, 3.63) is 23.3 Å². The smallest absolute Gasteiger partial charge is 0.334 e. The molecule has 0 radical (unpaired) electrons. The lowest BCUT2D eigenvalue weighted by Gasteiger charge is -2.46. The summed E-state index contributed by atoms with van der Waals surface area (Å²) >= 11 is 0. The minimum absolute atomic E-state index is 0.0562. The summed E-state index contributed by atoms with van der Waals surface area (Å²) in [7, 11) is 2.64. The maximum atomic E-state index is 11.2. The van der Waals surface area contributed by atoms with Crippen LogP contribution in [0.15, 0.2) is 23.3 Å². The number of carboxylic acids is 2. The molecule has 0 saturated carbocycles. The molecule has 2 atom stereocenters. The lowest BCUT2D eigenvalue weighted by molar-refractivity contribution is -0.158. The van der Waals surface area contributed by atoms with Gasteiger partial charge in [-0.25, -0.2) is 9.59 Å². The van der Waals surface area contributed by atoms with Gasteiger partial charge in [0.2, 0.25) is 0 Å². The van der Waals surface area contributed by atoms with Crippen molar-refractivity contribution in [1.29, 1.82) is 0 Å². The molecule has 0 amide bonds. The van der Waals surface area contributed by atoms with Gasteiger partial charge in [0.1, 0.15) is 11.2 Å². The Morgan fingerprint density at radius 3 is 1.39 bits per heavy atom. The Balaban J connectivity index is 3.54. The Labute approximate surface area is 105 Å². The molecule has 0 spiro atoms. The summed E-state index contributed by atoms with van der Waals surface area (Å²) in [5.41, 5.74) is -2.90. The first-order chi connectivity index (χ1) is 8.24. The summed E-state index contributed by atoms with van der Waals surface area (Å²) in [6.07, 6.45) is 2.46.